The van der Waals surface area contributed by atoms with Crippen LogP contribution in [0.25, 0.3) is 10.9 Å². The molecule has 0 radical (unpaired) electrons. The Morgan fingerprint density at radius 2 is 1.53 bits per heavy atom. The van der Waals surface area contributed by atoms with E-state index in [1.807, 2.05) is 0 Å². The Bertz CT molecular complexity index is 1110. The fourth-order valence-electron chi connectivity index (χ4n) is 2.93. The van der Waals surface area contributed by atoms with Gasteiger partial charge in [-0.1, -0.05) is 17.7 Å². The van der Waals surface area contributed by atoms with Crippen LogP contribution in [0.2, 0.25) is 5.02 Å². The van der Waals surface area contributed by atoms with Crippen LogP contribution in [0.15, 0.2) is 36.4 Å². The molecule has 0 aliphatic rings. The number of hydrogen-bond acceptors (Lipinski definition) is 6. The van der Waals surface area contributed by atoms with Gasteiger partial charge in [0.1, 0.15) is 0 Å². The second-order valence-corrected chi connectivity index (χ2v) is 6.72. The van der Waals surface area contributed by atoms with Crippen LogP contribution in [0.4, 0.5) is 0 Å². The van der Waals surface area contributed by atoms with E-state index in [0.717, 1.165) is 5.39 Å². The summed E-state index contributed by atoms with van der Waals surface area (Å²) in [5.74, 6) is -0.0555. The van der Waals surface area contributed by atoms with Crippen molar-refractivity contribution in [2.45, 2.75) is 6.92 Å². The number of carbonyl (C=O) groups is 2. The van der Waals surface area contributed by atoms with E-state index in [1.54, 1.807) is 31.2 Å². The Labute approximate surface area is 178 Å². The summed E-state index contributed by atoms with van der Waals surface area (Å²) in [6.07, 6.45) is 0. The number of nitrogens with zero attached hydrogens (tertiary/aromatic N) is 1. The number of rotatable bonds is 5. The zero-order valence-electron chi connectivity index (χ0n) is 16.8. The molecular formula is C21H20ClN3O5. The summed E-state index contributed by atoms with van der Waals surface area (Å²) < 4.78 is 15.7. The van der Waals surface area contributed by atoms with E-state index in [-0.39, 0.29) is 5.56 Å². The molecule has 1 aromatic heterocycles. The lowest BCUT2D eigenvalue weighted by atomic mass is 10.1. The molecule has 3 rings (SSSR count). The quantitative estimate of drug-likeness (QED) is 0.604. The standard InChI is InChI=1S/C21H20ClN3O5/c1-11-15(7-12-5-6-14(22)10-16(12)23-11)21(27)25-24-20(26)13-8-17(28-2)19(30-4)18(9-13)29-3/h5-10H,1-4H3,(H,24,26)(H,25,27). The van der Waals surface area contributed by atoms with Gasteiger partial charge in [0.2, 0.25) is 5.75 Å². The summed E-state index contributed by atoms with van der Waals surface area (Å²) in [6, 6.07) is 9.86. The van der Waals surface area contributed by atoms with Gasteiger partial charge in [-0.15, -0.1) is 0 Å². The SMILES string of the molecule is COc1cc(C(=O)NNC(=O)c2cc3ccc(Cl)cc3nc2C)cc(OC)c1OC. The molecule has 0 saturated heterocycles. The number of carbonyl (C=O) groups excluding carboxylic acids is 2. The topological polar surface area (TPSA) is 98.8 Å². The van der Waals surface area contributed by atoms with Crippen LogP contribution in [0.3, 0.4) is 0 Å². The molecule has 0 saturated carbocycles. The Morgan fingerprint density at radius 1 is 0.900 bits per heavy atom. The van der Waals surface area contributed by atoms with Crippen molar-refractivity contribution in [3.05, 3.63) is 58.2 Å². The average molecular weight is 430 g/mol. The highest BCUT2D eigenvalue weighted by atomic mass is 35.5. The Morgan fingerprint density at radius 3 is 2.13 bits per heavy atom. The highest BCUT2D eigenvalue weighted by Crippen LogP contribution is 2.38. The number of benzene rings is 2. The van der Waals surface area contributed by atoms with Crippen LogP contribution < -0.4 is 25.1 Å². The summed E-state index contributed by atoms with van der Waals surface area (Å²) in [7, 11) is 4.36. The van der Waals surface area contributed by atoms with Gasteiger partial charge in [-0.05, 0) is 37.3 Å². The molecule has 2 aromatic carbocycles. The minimum Gasteiger partial charge on any atom is -0.493 e. The van der Waals surface area contributed by atoms with Crippen molar-refractivity contribution in [1.82, 2.24) is 15.8 Å². The minimum atomic E-state index is -0.555. The molecule has 30 heavy (non-hydrogen) atoms. The van der Waals surface area contributed by atoms with Gasteiger partial charge in [0.25, 0.3) is 11.8 Å². The van der Waals surface area contributed by atoms with Crippen LogP contribution in [0, 0.1) is 6.92 Å². The predicted molar refractivity (Wildman–Crippen MR) is 113 cm³/mol. The maximum atomic E-state index is 12.6. The van der Waals surface area contributed by atoms with Crippen molar-refractivity contribution in [3.63, 3.8) is 0 Å². The molecule has 0 aliphatic heterocycles. The molecular weight excluding hydrogens is 410 g/mol. The third-order valence-corrected chi connectivity index (χ3v) is 4.67. The first-order valence-electron chi connectivity index (χ1n) is 8.85. The molecule has 0 fully saturated rings. The van der Waals surface area contributed by atoms with Crippen molar-refractivity contribution in [1.29, 1.82) is 0 Å². The summed E-state index contributed by atoms with van der Waals surface area (Å²) in [5, 5.41) is 1.32. The van der Waals surface area contributed by atoms with E-state index in [1.165, 1.54) is 33.5 Å². The number of hydrogen-bond donors (Lipinski definition) is 2. The molecule has 8 nitrogen and oxygen atoms in total. The molecule has 156 valence electrons. The van der Waals surface area contributed by atoms with Gasteiger partial charge in [0, 0.05) is 16.0 Å². The molecule has 0 unspecified atom stereocenters. The zero-order valence-corrected chi connectivity index (χ0v) is 17.6. The van der Waals surface area contributed by atoms with Crippen molar-refractivity contribution in [3.8, 4) is 17.2 Å². The number of ether oxygens (including phenoxy) is 3. The van der Waals surface area contributed by atoms with E-state index in [4.69, 9.17) is 25.8 Å². The number of aromatic nitrogens is 1. The molecule has 0 spiro atoms. The van der Waals surface area contributed by atoms with Gasteiger partial charge < -0.3 is 14.2 Å². The normalized spacial score (nSPS) is 10.4. The van der Waals surface area contributed by atoms with Gasteiger partial charge in [-0.3, -0.25) is 25.4 Å². The second-order valence-electron chi connectivity index (χ2n) is 6.28. The van der Waals surface area contributed by atoms with Gasteiger partial charge in [-0.25, -0.2) is 0 Å². The third-order valence-electron chi connectivity index (χ3n) is 4.43. The first-order valence-corrected chi connectivity index (χ1v) is 9.23. The number of fused-ring (bicyclic) bond motifs is 1. The number of aryl methyl sites for hydroxylation is 1. The van der Waals surface area contributed by atoms with Gasteiger partial charge in [-0.2, -0.15) is 0 Å². The molecule has 1 heterocycles. The highest BCUT2D eigenvalue weighted by Gasteiger charge is 2.18. The second kappa shape index (κ2) is 8.87. The summed E-state index contributed by atoms with van der Waals surface area (Å²) in [5.41, 5.74) is 6.51. The van der Waals surface area contributed by atoms with Gasteiger partial charge in [0.05, 0.1) is 38.1 Å². The first kappa shape index (κ1) is 21.2. The van der Waals surface area contributed by atoms with E-state index in [0.29, 0.717) is 39.0 Å². The first-order chi connectivity index (χ1) is 14.4. The van der Waals surface area contributed by atoms with Crippen molar-refractivity contribution in [2.24, 2.45) is 0 Å². The largest absolute Gasteiger partial charge is 0.493 e. The van der Waals surface area contributed by atoms with Crippen LogP contribution >= 0.6 is 11.6 Å². The third kappa shape index (κ3) is 4.23. The summed E-state index contributed by atoms with van der Waals surface area (Å²) in [6.45, 7) is 1.70. The molecule has 0 bridgehead atoms. The Balaban J connectivity index is 1.79. The lowest BCUT2D eigenvalue weighted by molar-refractivity contribution is 0.0846. The Kier molecular flexibility index (Phi) is 6.27. The number of pyridine rings is 1. The van der Waals surface area contributed by atoms with Gasteiger partial charge in [0.15, 0.2) is 11.5 Å². The monoisotopic (exact) mass is 429 g/mol. The van der Waals surface area contributed by atoms with Crippen LogP contribution in [-0.2, 0) is 0 Å². The molecule has 2 N–H and O–H groups in total. The fraction of sp³-hybridized carbons (Fsp3) is 0.190. The summed E-state index contributed by atoms with van der Waals surface area (Å²) in [4.78, 5) is 29.5. The van der Waals surface area contributed by atoms with E-state index in [9.17, 15) is 9.59 Å². The smallest absolute Gasteiger partial charge is 0.271 e. The molecule has 9 heteroatoms. The highest BCUT2D eigenvalue weighted by molar-refractivity contribution is 6.31. The van der Waals surface area contributed by atoms with Crippen LogP contribution in [0.5, 0.6) is 17.2 Å². The van der Waals surface area contributed by atoms with Crippen molar-refractivity contribution in [2.75, 3.05) is 21.3 Å². The molecule has 2 amide bonds. The Hall–Kier alpha value is -3.52. The lowest BCUT2D eigenvalue weighted by Gasteiger charge is -2.14. The maximum Gasteiger partial charge on any atom is 0.271 e. The average Bonchev–Trinajstić information content (AvgIpc) is 2.75. The predicted octanol–water partition coefficient (Wildman–Crippen LogP) is 3.30. The van der Waals surface area contributed by atoms with Crippen LogP contribution in [-0.4, -0.2) is 38.1 Å². The fourth-order valence-corrected chi connectivity index (χ4v) is 3.10. The zero-order chi connectivity index (χ0) is 21.8. The van der Waals surface area contributed by atoms with E-state index >= 15 is 0 Å². The number of amides is 2. The van der Waals surface area contributed by atoms with E-state index in [2.05, 4.69) is 15.8 Å². The van der Waals surface area contributed by atoms with E-state index < -0.39 is 11.8 Å². The van der Waals surface area contributed by atoms with Gasteiger partial charge >= 0.3 is 0 Å². The number of halogens is 1. The maximum absolute atomic E-state index is 12.6. The lowest BCUT2D eigenvalue weighted by Crippen LogP contribution is -2.42. The molecule has 0 atom stereocenters. The molecule has 3 aromatic rings. The summed E-state index contributed by atoms with van der Waals surface area (Å²) >= 11 is 5.99. The number of nitrogens with one attached hydrogen (secondary N) is 2. The minimum absolute atomic E-state index is 0.216. The van der Waals surface area contributed by atoms with Crippen molar-refractivity contribution >= 4 is 34.3 Å². The van der Waals surface area contributed by atoms with Crippen LogP contribution in [0.1, 0.15) is 26.4 Å². The molecule has 0 aliphatic carbocycles. The number of methoxy groups -OCH3 is 3. The van der Waals surface area contributed by atoms with Crippen molar-refractivity contribution < 1.29 is 23.8 Å². The number of hydrazine groups is 1.